The highest BCUT2D eigenvalue weighted by Crippen LogP contribution is 2.41. The van der Waals surface area contributed by atoms with E-state index in [1.54, 1.807) is 0 Å². The topological polar surface area (TPSA) is 20.2 Å². The number of hydrogen-bond acceptors (Lipinski definition) is 1. The molecule has 0 aromatic heterocycles. The summed E-state index contributed by atoms with van der Waals surface area (Å²) in [6, 6.07) is 3.92. The second-order valence-electron chi connectivity index (χ2n) is 3.49. The van der Waals surface area contributed by atoms with Crippen molar-refractivity contribution in [2.45, 2.75) is 24.9 Å². The molecule has 1 unspecified atom stereocenters. The lowest BCUT2D eigenvalue weighted by Gasteiger charge is -2.22. The maximum absolute atomic E-state index is 13.1. The normalized spacial score (nSPS) is 25.5. The first kappa shape index (κ1) is 9.52. The van der Waals surface area contributed by atoms with Crippen LogP contribution in [0, 0.1) is 5.82 Å². The molecule has 1 nitrogen and oxygen atoms in total. The molecule has 0 bridgehead atoms. The summed E-state index contributed by atoms with van der Waals surface area (Å²) in [5.74, 6) is -0.515. The zero-order chi connectivity index (χ0) is 10.3. The molecular weight excluding hydrogens is 193 g/mol. The fourth-order valence-corrected chi connectivity index (χ4v) is 1.90. The summed E-state index contributed by atoms with van der Waals surface area (Å²) in [6.45, 7) is 0. The summed E-state index contributed by atoms with van der Waals surface area (Å²) in [5, 5.41) is 9.63. The molecule has 1 aromatic rings. The zero-order valence-corrected chi connectivity index (χ0v) is 7.30. The summed E-state index contributed by atoms with van der Waals surface area (Å²) >= 11 is 0. The van der Waals surface area contributed by atoms with E-state index in [0.717, 1.165) is 0 Å². The van der Waals surface area contributed by atoms with Crippen LogP contribution in [0.25, 0.3) is 0 Å². The predicted octanol–water partition coefficient (Wildman–Crippen LogP) is 2.22. The predicted molar refractivity (Wildman–Crippen MR) is 44.6 cm³/mol. The number of rotatable bonds is 1. The van der Waals surface area contributed by atoms with Crippen LogP contribution in [0.1, 0.15) is 17.5 Å². The molecule has 14 heavy (non-hydrogen) atoms. The van der Waals surface area contributed by atoms with Crippen LogP contribution in [-0.4, -0.2) is 11.5 Å². The maximum atomic E-state index is 13.1. The molecule has 0 heterocycles. The molecule has 0 aliphatic heterocycles. The first-order valence-electron chi connectivity index (χ1n) is 4.34. The molecule has 4 heteroatoms. The second-order valence-corrected chi connectivity index (χ2v) is 3.49. The van der Waals surface area contributed by atoms with Gasteiger partial charge in [-0.1, -0.05) is 12.1 Å². The van der Waals surface area contributed by atoms with Gasteiger partial charge in [0.15, 0.2) is 5.60 Å². The van der Waals surface area contributed by atoms with Crippen molar-refractivity contribution in [2.24, 2.45) is 0 Å². The number of fused-ring (bicyclic) bond motifs is 1. The van der Waals surface area contributed by atoms with Crippen LogP contribution in [0.2, 0.25) is 0 Å². The van der Waals surface area contributed by atoms with Crippen molar-refractivity contribution in [1.29, 1.82) is 0 Å². The fraction of sp³-hybridized carbons (Fsp3) is 0.400. The van der Waals surface area contributed by atoms with E-state index >= 15 is 0 Å². The van der Waals surface area contributed by atoms with E-state index in [1.165, 1.54) is 18.2 Å². The molecule has 0 saturated carbocycles. The monoisotopic (exact) mass is 202 g/mol. The molecule has 0 amide bonds. The number of hydrogen-bond donors (Lipinski definition) is 1. The Morgan fingerprint density at radius 2 is 2.07 bits per heavy atom. The molecule has 0 saturated heterocycles. The summed E-state index contributed by atoms with van der Waals surface area (Å²) in [5.41, 5.74) is -1.90. The zero-order valence-electron chi connectivity index (χ0n) is 7.30. The molecule has 1 aromatic carbocycles. The quantitative estimate of drug-likeness (QED) is 0.740. The number of benzene rings is 1. The largest absolute Gasteiger partial charge is 0.379 e. The van der Waals surface area contributed by atoms with E-state index in [4.69, 9.17) is 0 Å². The van der Waals surface area contributed by atoms with Gasteiger partial charge in [-0.05, 0) is 30.0 Å². The van der Waals surface area contributed by atoms with Crippen LogP contribution in [-0.2, 0) is 12.0 Å². The third-order valence-corrected chi connectivity index (χ3v) is 2.70. The van der Waals surface area contributed by atoms with E-state index < -0.39 is 17.8 Å². The Morgan fingerprint density at radius 1 is 1.36 bits per heavy atom. The molecule has 1 atom stereocenters. The van der Waals surface area contributed by atoms with Gasteiger partial charge in [-0.3, -0.25) is 0 Å². The van der Waals surface area contributed by atoms with Crippen LogP contribution in [0.15, 0.2) is 18.2 Å². The first-order chi connectivity index (χ1) is 6.55. The molecule has 1 aliphatic rings. The van der Waals surface area contributed by atoms with Gasteiger partial charge in [0, 0.05) is 0 Å². The minimum atomic E-state index is -2.87. The third-order valence-electron chi connectivity index (χ3n) is 2.70. The molecule has 0 fully saturated rings. The lowest BCUT2D eigenvalue weighted by Crippen LogP contribution is -2.31. The summed E-state index contributed by atoms with van der Waals surface area (Å²) in [4.78, 5) is 0. The summed E-state index contributed by atoms with van der Waals surface area (Å²) in [6.07, 6.45) is -2.81. The van der Waals surface area contributed by atoms with E-state index in [0.29, 0.717) is 0 Å². The Labute approximate surface area is 79.2 Å². The number of aliphatic hydroxyl groups is 1. The standard InChI is InChI=1S/C10H9F3O/c11-8-3-1-2-7-6(8)4-5-10(7,14)9(12)13/h1-3,9,14H,4-5H2. The molecule has 1 N–H and O–H groups in total. The Hall–Kier alpha value is -1.03. The van der Waals surface area contributed by atoms with Crippen molar-refractivity contribution in [3.8, 4) is 0 Å². The first-order valence-corrected chi connectivity index (χ1v) is 4.34. The Bertz CT molecular complexity index is 364. The fourth-order valence-electron chi connectivity index (χ4n) is 1.90. The summed E-state index contributed by atoms with van der Waals surface area (Å²) < 4.78 is 38.3. The smallest absolute Gasteiger partial charge is 0.270 e. The molecule has 0 radical (unpaired) electrons. The lowest BCUT2D eigenvalue weighted by molar-refractivity contribution is -0.100. The Kier molecular flexibility index (Phi) is 2.03. The minimum absolute atomic E-state index is 0.0347. The SMILES string of the molecule is OC1(C(F)F)CCc2c(F)cccc21. The third kappa shape index (κ3) is 1.14. The Morgan fingerprint density at radius 3 is 2.71 bits per heavy atom. The molecule has 2 rings (SSSR count). The van der Waals surface area contributed by atoms with E-state index in [2.05, 4.69) is 0 Å². The van der Waals surface area contributed by atoms with Gasteiger partial charge in [-0.25, -0.2) is 13.2 Å². The van der Waals surface area contributed by atoms with Crippen molar-refractivity contribution < 1.29 is 18.3 Å². The number of alkyl halides is 2. The van der Waals surface area contributed by atoms with Crippen molar-refractivity contribution in [1.82, 2.24) is 0 Å². The maximum Gasteiger partial charge on any atom is 0.270 e. The number of halogens is 3. The lowest BCUT2D eigenvalue weighted by atomic mass is 9.97. The van der Waals surface area contributed by atoms with Crippen LogP contribution in [0.5, 0.6) is 0 Å². The average molecular weight is 202 g/mol. The van der Waals surface area contributed by atoms with E-state index in [-0.39, 0.29) is 24.0 Å². The van der Waals surface area contributed by atoms with E-state index in [1.807, 2.05) is 0 Å². The van der Waals surface area contributed by atoms with Crippen molar-refractivity contribution in [3.63, 3.8) is 0 Å². The van der Waals surface area contributed by atoms with Gasteiger partial charge in [0.25, 0.3) is 6.43 Å². The van der Waals surface area contributed by atoms with Crippen molar-refractivity contribution in [2.75, 3.05) is 0 Å². The van der Waals surface area contributed by atoms with Crippen LogP contribution in [0.3, 0.4) is 0 Å². The van der Waals surface area contributed by atoms with Gasteiger partial charge in [0.05, 0.1) is 0 Å². The van der Waals surface area contributed by atoms with Gasteiger partial charge in [0.1, 0.15) is 5.82 Å². The van der Waals surface area contributed by atoms with Crippen LogP contribution < -0.4 is 0 Å². The highest BCUT2D eigenvalue weighted by molar-refractivity contribution is 5.38. The van der Waals surface area contributed by atoms with Crippen LogP contribution >= 0.6 is 0 Å². The molecule has 76 valence electrons. The van der Waals surface area contributed by atoms with Gasteiger partial charge in [0.2, 0.25) is 0 Å². The van der Waals surface area contributed by atoms with Crippen LogP contribution in [0.4, 0.5) is 13.2 Å². The highest BCUT2D eigenvalue weighted by Gasteiger charge is 2.45. The average Bonchev–Trinajstić information content (AvgIpc) is 2.47. The molecule has 0 spiro atoms. The molecule has 1 aliphatic carbocycles. The van der Waals surface area contributed by atoms with Crippen molar-refractivity contribution in [3.05, 3.63) is 35.1 Å². The minimum Gasteiger partial charge on any atom is -0.379 e. The Balaban J connectivity index is 2.55. The van der Waals surface area contributed by atoms with Gasteiger partial charge in [-0.2, -0.15) is 0 Å². The van der Waals surface area contributed by atoms with E-state index in [9.17, 15) is 18.3 Å². The van der Waals surface area contributed by atoms with Gasteiger partial charge in [-0.15, -0.1) is 0 Å². The summed E-state index contributed by atoms with van der Waals surface area (Å²) in [7, 11) is 0. The second kappa shape index (κ2) is 2.98. The van der Waals surface area contributed by atoms with Gasteiger partial charge >= 0.3 is 0 Å². The molecular formula is C10H9F3O. The highest BCUT2D eigenvalue weighted by atomic mass is 19.3. The van der Waals surface area contributed by atoms with Gasteiger partial charge < -0.3 is 5.11 Å². The van der Waals surface area contributed by atoms with Crippen molar-refractivity contribution >= 4 is 0 Å².